The van der Waals surface area contributed by atoms with E-state index in [9.17, 15) is 13.2 Å². The maximum atomic E-state index is 13.4. The van der Waals surface area contributed by atoms with E-state index < -0.39 is 11.7 Å². The first kappa shape index (κ1) is 17.8. The van der Waals surface area contributed by atoms with Gasteiger partial charge in [-0.2, -0.15) is 18.3 Å². The fourth-order valence-corrected chi connectivity index (χ4v) is 2.46. The van der Waals surface area contributed by atoms with Crippen LogP contribution in [0, 0.1) is 13.8 Å². The van der Waals surface area contributed by atoms with E-state index in [1.807, 2.05) is 6.07 Å². The Labute approximate surface area is 138 Å². The first-order valence-electron chi connectivity index (χ1n) is 7.38. The van der Waals surface area contributed by atoms with Crippen molar-refractivity contribution in [1.82, 2.24) is 20.4 Å². The van der Waals surface area contributed by atoms with Gasteiger partial charge in [0.1, 0.15) is 0 Å². The summed E-state index contributed by atoms with van der Waals surface area (Å²) in [6.07, 6.45) is -4.45. The number of aryl methyl sites for hydroxylation is 2. The van der Waals surface area contributed by atoms with Crippen molar-refractivity contribution >= 4 is 5.96 Å². The van der Waals surface area contributed by atoms with Crippen molar-refractivity contribution < 1.29 is 13.2 Å². The van der Waals surface area contributed by atoms with Gasteiger partial charge in [-0.25, -0.2) is 4.68 Å². The Morgan fingerprint density at radius 3 is 2.46 bits per heavy atom. The summed E-state index contributed by atoms with van der Waals surface area (Å²) >= 11 is 0. The second kappa shape index (κ2) is 6.94. The number of guanidine groups is 1. The second-order valence-electron chi connectivity index (χ2n) is 5.35. The topological polar surface area (TPSA) is 54.2 Å². The average Bonchev–Trinajstić information content (AvgIpc) is 2.86. The minimum Gasteiger partial charge on any atom is -0.359 e. The molecule has 0 bridgehead atoms. The van der Waals surface area contributed by atoms with E-state index in [0.717, 1.165) is 17.5 Å². The molecule has 24 heavy (non-hydrogen) atoms. The molecule has 0 aliphatic carbocycles. The normalized spacial score (nSPS) is 12.4. The Hall–Kier alpha value is -2.51. The van der Waals surface area contributed by atoms with Crippen LogP contribution in [0.4, 0.5) is 13.2 Å². The van der Waals surface area contributed by atoms with Crippen LogP contribution in [0.15, 0.2) is 29.3 Å². The van der Waals surface area contributed by atoms with Crippen molar-refractivity contribution in [3.8, 4) is 5.69 Å². The minimum absolute atomic E-state index is 0.0136. The molecule has 0 saturated carbocycles. The van der Waals surface area contributed by atoms with Gasteiger partial charge in [0.2, 0.25) is 0 Å². The van der Waals surface area contributed by atoms with Gasteiger partial charge in [0.25, 0.3) is 0 Å². The van der Waals surface area contributed by atoms with Gasteiger partial charge in [-0.1, -0.05) is 6.07 Å². The van der Waals surface area contributed by atoms with Crippen LogP contribution in [0.3, 0.4) is 0 Å². The molecular formula is C16H20F3N5. The first-order valence-corrected chi connectivity index (χ1v) is 7.38. The lowest BCUT2D eigenvalue weighted by atomic mass is 10.1. The molecule has 1 aromatic carbocycles. The quantitative estimate of drug-likeness (QED) is 0.668. The molecule has 2 N–H and O–H groups in total. The van der Waals surface area contributed by atoms with Crippen LogP contribution in [0.25, 0.3) is 5.69 Å². The van der Waals surface area contributed by atoms with Crippen LogP contribution in [0.2, 0.25) is 0 Å². The zero-order valence-electron chi connectivity index (χ0n) is 14.0. The predicted molar refractivity (Wildman–Crippen MR) is 87.3 cm³/mol. The monoisotopic (exact) mass is 339 g/mol. The number of hydrogen-bond donors (Lipinski definition) is 2. The average molecular weight is 339 g/mol. The van der Waals surface area contributed by atoms with Crippen molar-refractivity contribution in [3.05, 3.63) is 46.8 Å². The Morgan fingerprint density at radius 1 is 1.25 bits per heavy atom. The number of nitrogens with zero attached hydrogens (tertiary/aromatic N) is 3. The summed E-state index contributed by atoms with van der Waals surface area (Å²) in [4.78, 5) is 3.89. The largest absolute Gasteiger partial charge is 0.416 e. The van der Waals surface area contributed by atoms with Crippen molar-refractivity contribution in [3.63, 3.8) is 0 Å². The minimum atomic E-state index is -4.45. The predicted octanol–water partition coefficient (Wildman–Crippen LogP) is 2.80. The van der Waals surface area contributed by atoms with Crippen LogP contribution in [-0.2, 0) is 12.7 Å². The highest BCUT2D eigenvalue weighted by Crippen LogP contribution is 2.33. The smallest absolute Gasteiger partial charge is 0.359 e. The summed E-state index contributed by atoms with van der Waals surface area (Å²) in [6.45, 7) is 3.62. The number of halogens is 3. The SMILES string of the molecule is CN=C(NC)NCc1ccc(-n2nc(C)cc2C)cc1C(F)(F)F. The molecule has 0 unspecified atom stereocenters. The Balaban J connectivity index is 2.41. The molecule has 0 aliphatic rings. The van der Waals surface area contributed by atoms with Crippen LogP contribution >= 0.6 is 0 Å². The van der Waals surface area contributed by atoms with E-state index in [1.165, 1.54) is 10.7 Å². The van der Waals surface area contributed by atoms with Gasteiger partial charge in [0.15, 0.2) is 5.96 Å². The Kier molecular flexibility index (Phi) is 5.16. The molecule has 2 rings (SSSR count). The molecule has 1 aromatic heterocycles. The molecule has 0 aliphatic heterocycles. The van der Waals surface area contributed by atoms with Crippen LogP contribution in [-0.4, -0.2) is 29.8 Å². The lowest BCUT2D eigenvalue weighted by Gasteiger charge is -2.16. The highest BCUT2D eigenvalue weighted by molar-refractivity contribution is 5.79. The van der Waals surface area contributed by atoms with Gasteiger partial charge in [-0.05, 0) is 37.6 Å². The first-order chi connectivity index (χ1) is 11.3. The van der Waals surface area contributed by atoms with Gasteiger partial charge in [-0.15, -0.1) is 0 Å². The molecule has 0 spiro atoms. The van der Waals surface area contributed by atoms with E-state index in [2.05, 4.69) is 20.7 Å². The van der Waals surface area contributed by atoms with E-state index in [-0.39, 0.29) is 12.1 Å². The number of rotatable bonds is 3. The summed E-state index contributed by atoms with van der Waals surface area (Å²) in [5.41, 5.74) is 1.37. The number of benzene rings is 1. The zero-order chi connectivity index (χ0) is 17.9. The maximum absolute atomic E-state index is 13.4. The van der Waals surface area contributed by atoms with Crippen molar-refractivity contribution in [1.29, 1.82) is 0 Å². The third-order valence-corrected chi connectivity index (χ3v) is 3.56. The second-order valence-corrected chi connectivity index (χ2v) is 5.35. The summed E-state index contributed by atoms with van der Waals surface area (Å²) in [5.74, 6) is 0.422. The third kappa shape index (κ3) is 3.87. The lowest BCUT2D eigenvalue weighted by molar-refractivity contribution is -0.138. The molecule has 0 fully saturated rings. The molecule has 2 aromatic rings. The van der Waals surface area contributed by atoms with Gasteiger partial charge >= 0.3 is 6.18 Å². The van der Waals surface area contributed by atoms with Crippen molar-refractivity contribution in [2.24, 2.45) is 4.99 Å². The molecule has 1 heterocycles. The molecular weight excluding hydrogens is 319 g/mol. The summed E-state index contributed by atoms with van der Waals surface area (Å²) in [7, 11) is 3.20. The highest BCUT2D eigenvalue weighted by Gasteiger charge is 2.33. The summed E-state index contributed by atoms with van der Waals surface area (Å²) in [6, 6.07) is 6.04. The van der Waals surface area contributed by atoms with Crippen LogP contribution in [0.5, 0.6) is 0 Å². The fraction of sp³-hybridized carbons (Fsp3) is 0.375. The number of alkyl halides is 3. The zero-order valence-corrected chi connectivity index (χ0v) is 14.0. The molecule has 0 atom stereocenters. The number of aliphatic imine (C=N–C) groups is 1. The molecule has 0 radical (unpaired) electrons. The van der Waals surface area contributed by atoms with E-state index in [1.54, 1.807) is 34.0 Å². The molecule has 0 amide bonds. The van der Waals surface area contributed by atoms with Gasteiger partial charge < -0.3 is 10.6 Å². The Bertz CT molecular complexity index is 747. The van der Waals surface area contributed by atoms with Gasteiger partial charge in [-0.3, -0.25) is 4.99 Å². The Morgan fingerprint density at radius 2 is 1.96 bits per heavy atom. The summed E-state index contributed by atoms with van der Waals surface area (Å²) in [5, 5.41) is 9.85. The van der Waals surface area contributed by atoms with E-state index in [4.69, 9.17) is 0 Å². The number of aromatic nitrogens is 2. The lowest BCUT2D eigenvalue weighted by Crippen LogP contribution is -2.34. The van der Waals surface area contributed by atoms with E-state index >= 15 is 0 Å². The number of hydrogen-bond acceptors (Lipinski definition) is 2. The molecule has 5 nitrogen and oxygen atoms in total. The fourth-order valence-electron chi connectivity index (χ4n) is 2.46. The summed E-state index contributed by atoms with van der Waals surface area (Å²) < 4.78 is 41.8. The molecule has 8 heteroatoms. The molecule has 0 saturated heterocycles. The van der Waals surface area contributed by atoms with Crippen molar-refractivity contribution in [2.45, 2.75) is 26.6 Å². The number of nitrogens with one attached hydrogen (secondary N) is 2. The standard InChI is InChI=1S/C16H20F3N5/c1-10-7-11(2)24(23-10)13-6-5-12(9-22-15(20-3)21-4)14(8-13)16(17,18)19/h5-8H,9H2,1-4H3,(H2,20,21,22). The van der Waals surface area contributed by atoms with Crippen LogP contribution < -0.4 is 10.6 Å². The maximum Gasteiger partial charge on any atom is 0.416 e. The molecule has 130 valence electrons. The highest BCUT2D eigenvalue weighted by atomic mass is 19.4. The van der Waals surface area contributed by atoms with Crippen molar-refractivity contribution in [2.75, 3.05) is 14.1 Å². The van der Waals surface area contributed by atoms with Crippen LogP contribution in [0.1, 0.15) is 22.5 Å². The van der Waals surface area contributed by atoms with Gasteiger partial charge in [0.05, 0.1) is 16.9 Å². The van der Waals surface area contributed by atoms with E-state index in [0.29, 0.717) is 11.6 Å². The van der Waals surface area contributed by atoms with Gasteiger partial charge in [0, 0.05) is 26.3 Å². The third-order valence-electron chi connectivity index (χ3n) is 3.56.